The van der Waals surface area contributed by atoms with Crippen molar-refractivity contribution in [2.24, 2.45) is 5.16 Å². The molecule has 3 aromatic rings. The Hall–Kier alpha value is -2.93. The minimum absolute atomic E-state index is 0.0924. The molecule has 0 saturated carbocycles. The van der Waals surface area contributed by atoms with Gasteiger partial charge in [0.25, 0.3) is 11.8 Å². The highest BCUT2D eigenvalue weighted by molar-refractivity contribution is 9.11. The van der Waals surface area contributed by atoms with Gasteiger partial charge in [-0.15, -0.1) is 39.5 Å². The van der Waals surface area contributed by atoms with Crippen molar-refractivity contribution >= 4 is 90.8 Å². The number of rotatable bonds is 9. The zero-order valence-electron chi connectivity index (χ0n) is 20.1. The van der Waals surface area contributed by atoms with Crippen molar-refractivity contribution in [3.63, 3.8) is 0 Å². The summed E-state index contributed by atoms with van der Waals surface area (Å²) in [5.41, 5.74) is 6.20. The number of anilines is 1. The number of thiazole rings is 1. The van der Waals surface area contributed by atoms with Gasteiger partial charge in [-0.1, -0.05) is 16.9 Å². The molecule has 1 unspecified atom stereocenters. The normalized spacial score (nSPS) is 19.9. The van der Waals surface area contributed by atoms with E-state index in [1.807, 2.05) is 19.1 Å². The molecule has 39 heavy (non-hydrogen) atoms. The maximum Gasteiger partial charge on any atom is 0.352 e. The van der Waals surface area contributed by atoms with E-state index >= 15 is 0 Å². The molecule has 2 aliphatic heterocycles. The van der Waals surface area contributed by atoms with E-state index in [0.29, 0.717) is 22.3 Å². The average molecular weight is 672 g/mol. The highest BCUT2D eigenvalue weighted by Crippen LogP contribution is 2.43. The monoisotopic (exact) mass is 670 g/mol. The lowest BCUT2D eigenvalue weighted by Gasteiger charge is -2.49. The molecule has 18 heteroatoms. The maximum absolute atomic E-state index is 13.1. The van der Waals surface area contributed by atoms with Crippen LogP contribution in [0.1, 0.15) is 12.6 Å². The van der Waals surface area contributed by atoms with Crippen LogP contribution in [0, 0.1) is 0 Å². The Morgan fingerprint density at radius 1 is 1.41 bits per heavy atom. The third kappa shape index (κ3) is 5.43. The zero-order chi connectivity index (χ0) is 27.8. The standard InChI is InChI=1S/C21H19BrN8O5S4/c1-7(38-21-26-15(27-28-21)10-3-4-11(22)39-10)8-5-36-18-13(17(32)30(18)14(8)19(33)34)25-16(31)12(29-35-2)9-6-37-20(23)24-9/h3-4,6-7,13,18H,5H2,1-2H3,(H2,23,24)(H,25,31)(H,33,34)(H,26,27,28)/t7?,13-,18+/m1/s1. The first-order chi connectivity index (χ1) is 18.7. The molecule has 2 aliphatic rings. The molecule has 0 aromatic carbocycles. The number of thioether (sulfide) groups is 2. The Kier molecular flexibility index (Phi) is 7.99. The smallest absolute Gasteiger partial charge is 0.352 e. The summed E-state index contributed by atoms with van der Waals surface area (Å²) in [6.45, 7) is 1.85. The lowest BCUT2D eigenvalue weighted by atomic mass is 10.0. The van der Waals surface area contributed by atoms with E-state index in [4.69, 9.17) is 10.6 Å². The minimum Gasteiger partial charge on any atom is -0.477 e. The average Bonchev–Trinajstić information content (AvgIpc) is 3.66. The van der Waals surface area contributed by atoms with Gasteiger partial charge in [0.05, 0.1) is 8.66 Å². The van der Waals surface area contributed by atoms with Gasteiger partial charge in [0.2, 0.25) is 5.16 Å². The number of nitrogens with zero attached hydrogens (tertiary/aromatic N) is 5. The number of carbonyl (C=O) groups is 3. The third-order valence-corrected chi connectivity index (χ3v) is 10.3. The number of thiophene rings is 1. The number of nitrogens with two attached hydrogens (primary N) is 1. The van der Waals surface area contributed by atoms with Crippen molar-refractivity contribution in [1.82, 2.24) is 30.4 Å². The van der Waals surface area contributed by atoms with Crippen LogP contribution in [-0.2, 0) is 19.2 Å². The molecule has 1 fully saturated rings. The van der Waals surface area contributed by atoms with Crippen LogP contribution in [0.3, 0.4) is 0 Å². The van der Waals surface area contributed by atoms with Gasteiger partial charge in [0.1, 0.15) is 29.9 Å². The van der Waals surface area contributed by atoms with Gasteiger partial charge in [-0.25, -0.2) is 14.8 Å². The maximum atomic E-state index is 13.1. The second-order valence-electron chi connectivity index (χ2n) is 8.06. The Balaban J connectivity index is 1.31. The summed E-state index contributed by atoms with van der Waals surface area (Å²) in [4.78, 5) is 53.8. The lowest BCUT2D eigenvalue weighted by molar-refractivity contribution is -0.150. The molecule has 0 radical (unpaired) electrons. The number of carboxylic acid groups (broad SMARTS) is 1. The number of H-pyrrole nitrogens is 1. The number of aromatic amines is 1. The number of fused-ring (bicyclic) bond motifs is 1. The Morgan fingerprint density at radius 3 is 2.85 bits per heavy atom. The van der Waals surface area contributed by atoms with Crippen molar-refractivity contribution < 1.29 is 24.3 Å². The van der Waals surface area contributed by atoms with Crippen LogP contribution in [0.5, 0.6) is 0 Å². The fourth-order valence-electron chi connectivity index (χ4n) is 3.94. The zero-order valence-corrected chi connectivity index (χ0v) is 24.9. The van der Waals surface area contributed by atoms with E-state index in [1.54, 1.807) is 5.38 Å². The number of aromatic nitrogens is 4. The summed E-state index contributed by atoms with van der Waals surface area (Å²) >= 11 is 8.72. The number of halogens is 1. The number of hydrogen-bond donors (Lipinski definition) is 4. The molecular weight excluding hydrogens is 652 g/mol. The largest absolute Gasteiger partial charge is 0.477 e. The number of amides is 2. The fraction of sp³-hybridized carbons (Fsp3) is 0.286. The SMILES string of the molecule is CON=C(C(=O)N[C@@H]1C(=O)N2C(C(=O)O)=C(C(C)Sc3n[nH]c(-c4ccc(Br)s4)n3)CS[C@@H]12)c1csc(N)n1. The summed E-state index contributed by atoms with van der Waals surface area (Å²) in [6, 6.07) is 2.88. The molecule has 0 spiro atoms. The number of aliphatic carboxylic acids is 1. The van der Waals surface area contributed by atoms with Crippen LogP contribution in [0.25, 0.3) is 10.7 Å². The second-order valence-corrected chi connectivity index (χ2v) is 13.8. The first kappa shape index (κ1) is 27.6. The number of β-lactam (4-membered cyclic amide) rings is 1. The van der Waals surface area contributed by atoms with Gasteiger partial charge in [-0.2, -0.15) is 0 Å². The van der Waals surface area contributed by atoms with Gasteiger partial charge in [0.15, 0.2) is 16.7 Å². The minimum atomic E-state index is -1.22. The number of nitrogens with one attached hydrogen (secondary N) is 2. The molecule has 1 saturated heterocycles. The molecule has 0 bridgehead atoms. The Morgan fingerprint density at radius 2 is 2.21 bits per heavy atom. The van der Waals surface area contributed by atoms with Crippen LogP contribution >= 0.6 is 62.1 Å². The van der Waals surface area contributed by atoms with Gasteiger partial charge < -0.3 is 21.0 Å². The van der Waals surface area contributed by atoms with E-state index in [2.05, 4.69) is 46.6 Å². The van der Waals surface area contributed by atoms with Crippen molar-refractivity contribution in [3.8, 4) is 10.7 Å². The van der Waals surface area contributed by atoms with Crippen molar-refractivity contribution in [2.45, 2.75) is 28.7 Å². The first-order valence-electron chi connectivity index (χ1n) is 11.1. The summed E-state index contributed by atoms with van der Waals surface area (Å²) in [7, 11) is 1.28. The van der Waals surface area contributed by atoms with Gasteiger partial charge in [0, 0.05) is 16.4 Å². The molecule has 5 heterocycles. The summed E-state index contributed by atoms with van der Waals surface area (Å²) in [6.07, 6.45) is 0. The molecular formula is C21H19BrN8O5S4. The van der Waals surface area contributed by atoms with E-state index in [0.717, 1.165) is 20.0 Å². The number of hydrogen-bond acceptors (Lipinski definition) is 13. The number of carboxylic acids is 1. The molecule has 5 rings (SSSR count). The van der Waals surface area contributed by atoms with Gasteiger partial charge in [-0.05, 0) is 40.6 Å². The van der Waals surface area contributed by atoms with Crippen molar-refractivity contribution in [2.75, 3.05) is 18.6 Å². The lowest BCUT2D eigenvalue weighted by Crippen LogP contribution is -2.71. The van der Waals surface area contributed by atoms with E-state index in [9.17, 15) is 19.5 Å². The highest BCUT2D eigenvalue weighted by Gasteiger charge is 2.55. The van der Waals surface area contributed by atoms with Gasteiger partial charge >= 0.3 is 5.97 Å². The molecule has 2 amide bonds. The quantitative estimate of drug-likeness (QED) is 0.113. The number of nitrogen functional groups attached to an aromatic ring is 1. The first-order valence-corrected chi connectivity index (χ1v) is 15.5. The predicted octanol–water partition coefficient (Wildman–Crippen LogP) is 2.60. The predicted molar refractivity (Wildman–Crippen MR) is 152 cm³/mol. The van der Waals surface area contributed by atoms with Crippen LogP contribution in [0.4, 0.5) is 5.13 Å². The third-order valence-electron chi connectivity index (χ3n) is 5.69. The molecule has 0 aliphatic carbocycles. The van der Waals surface area contributed by atoms with Crippen LogP contribution in [0.2, 0.25) is 0 Å². The summed E-state index contributed by atoms with van der Waals surface area (Å²) in [5, 5.41) is 24.9. The second kappa shape index (κ2) is 11.3. The van der Waals surface area contributed by atoms with Gasteiger partial charge in [-0.3, -0.25) is 19.6 Å². The van der Waals surface area contributed by atoms with E-state index < -0.39 is 29.2 Å². The topological polar surface area (TPSA) is 189 Å². The molecule has 204 valence electrons. The number of oxime groups is 1. The van der Waals surface area contributed by atoms with E-state index in [-0.39, 0.29) is 27.5 Å². The molecule has 13 nitrogen and oxygen atoms in total. The molecule has 3 aromatic heterocycles. The van der Waals surface area contributed by atoms with Crippen LogP contribution in [0.15, 0.2) is 42.9 Å². The Bertz CT molecular complexity index is 1520. The van der Waals surface area contributed by atoms with Crippen LogP contribution < -0.4 is 11.1 Å². The molecule has 3 atom stereocenters. The fourth-order valence-corrected chi connectivity index (χ4v) is 8.28. The van der Waals surface area contributed by atoms with E-state index in [1.165, 1.54) is 46.9 Å². The number of carbonyl (C=O) groups excluding carboxylic acids is 2. The van der Waals surface area contributed by atoms with Crippen LogP contribution in [-0.4, -0.2) is 83.2 Å². The molecule has 5 N–H and O–H groups in total. The highest BCUT2D eigenvalue weighted by atomic mass is 79.9. The van der Waals surface area contributed by atoms with Crippen molar-refractivity contribution in [1.29, 1.82) is 0 Å². The summed E-state index contributed by atoms with van der Waals surface area (Å²) < 4.78 is 0.963. The van der Waals surface area contributed by atoms with Crippen molar-refractivity contribution in [3.05, 3.63) is 38.3 Å². The summed E-state index contributed by atoms with van der Waals surface area (Å²) in [5.74, 6) is -1.49. The Labute approximate surface area is 245 Å².